The van der Waals surface area contributed by atoms with Crippen LogP contribution in [0, 0.1) is 0 Å². The van der Waals surface area contributed by atoms with Crippen LogP contribution >= 0.6 is 27.3 Å². The van der Waals surface area contributed by atoms with Crippen LogP contribution in [0.5, 0.6) is 0 Å². The molecule has 0 radical (unpaired) electrons. The lowest BCUT2D eigenvalue weighted by atomic mass is 10.2. The topological polar surface area (TPSA) is 6.48 Å². The summed E-state index contributed by atoms with van der Waals surface area (Å²) in [6.45, 7) is 7.35. The summed E-state index contributed by atoms with van der Waals surface area (Å²) >= 11 is 5.38. The van der Waals surface area contributed by atoms with E-state index < -0.39 is 0 Å². The van der Waals surface area contributed by atoms with E-state index in [-0.39, 0.29) is 0 Å². The maximum Gasteiger partial charge on any atom is 0.0159 e. The van der Waals surface area contributed by atoms with Gasteiger partial charge in [0, 0.05) is 49.5 Å². The van der Waals surface area contributed by atoms with E-state index in [1.807, 2.05) is 11.3 Å². The van der Waals surface area contributed by atoms with Gasteiger partial charge in [-0.3, -0.25) is 4.90 Å². The van der Waals surface area contributed by atoms with E-state index in [0.717, 1.165) is 5.33 Å². The minimum atomic E-state index is 1.10. The van der Waals surface area contributed by atoms with Crippen LogP contribution < -0.4 is 0 Å². The Bertz CT molecular complexity index is 281. The fourth-order valence-corrected chi connectivity index (χ4v) is 3.28. The summed E-state index contributed by atoms with van der Waals surface area (Å²) < 4.78 is 0. The van der Waals surface area contributed by atoms with Crippen molar-refractivity contribution in [2.45, 2.75) is 6.42 Å². The van der Waals surface area contributed by atoms with E-state index in [0.29, 0.717) is 0 Å². The molecule has 2 rings (SSSR count). The highest BCUT2D eigenvalue weighted by molar-refractivity contribution is 9.09. The van der Waals surface area contributed by atoms with E-state index in [9.17, 15) is 0 Å². The van der Waals surface area contributed by atoms with E-state index in [4.69, 9.17) is 0 Å². The molecule has 90 valence electrons. The molecule has 1 saturated heterocycles. The number of hydrogen-bond acceptors (Lipinski definition) is 3. The fraction of sp³-hybridized carbons (Fsp3) is 0.667. The normalized spacial score (nSPS) is 19.1. The van der Waals surface area contributed by atoms with E-state index >= 15 is 0 Å². The first-order chi connectivity index (χ1) is 7.88. The Kier molecular flexibility index (Phi) is 5.29. The minimum absolute atomic E-state index is 1.10. The van der Waals surface area contributed by atoms with Crippen molar-refractivity contribution in [3.8, 4) is 0 Å². The molecule has 0 aliphatic carbocycles. The third-order valence-electron chi connectivity index (χ3n) is 3.12. The average molecular weight is 303 g/mol. The van der Waals surface area contributed by atoms with Crippen LogP contribution in [0.25, 0.3) is 0 Å². The number of hydrogen-bond donors (Lipinski definition) is 0. The van der Waals surface area contributed by atoms with E-state index in [2.05, 4.69) is 43.2 Å². The van der Waals surface area contributed by atoms with Gasteiger partial charge < -0.3 is 4.90 Å². The maximum atomic E-state index is 3.50. The van der Waals surface area contributed by atoms with Crippen molar-refractivity contribution in [3.05, 3.63) is 22.4 Å². The lowest BCUT2D eigenvalue weighted by Crippen LogP contribution is -2.47. The summed E-state index contributed by atoms with van der Waals surface area (Å²) in [6, 6.07) is 4.39. The van der Waals surface area contributed by atoms with Gasteiger partial charge in [-0.1, -0.05) is 22.0 Å². The Labute approximate surface area is 110 Å². The molecule has 0 N–H and O–H groups in total. The van der Waals surface area contributed by atoms with Gasteiger partial charge in [0.2, 0.25) is 0 Å². The molecule has 2 nitrogen and oxygen atoms in total. The lowest BCUT2D eigenvalue weighted by Gasteiger charge is -2.34. The summed E-state index contributed by atoms with van der Waals surface area (Å²) in [5.41, 5.74) is 0. The van der Waals surface area contributed by atoms with Crippen molar-refractivity contribution in [1.82, 2.24) is 9.80 Å². The fourth-order valence-electron chi connectivity index (χ4n) is 2.08. The number of alkyl halides is 1. The highest BCUT2D eigenvalue weighted by Crippen LogP contribution is 2.10. The molecule has 4 heteroatoms. The van der Waals surface area contributed by atoms with Gasteiger partial charge in [0.05, 0.1) is 0 Å². The van der Waals surface area contributed by atoms with Crippen LogP contribution in [-0.4, -0.2) is 54.4 Å². The van der Waals surface area contributed by atoms with E-state index in [1.165, 1.54) is 50.6 Å². The summed E-state index contributed by atoms with van der Waals surface area (Å²) in [6.07, 6.45) is 1.22. The second-order valence-electron chi connectivity index (χ2n) is 4.20. The number of piperazine rings is 1. The van der Waals surface area contributed by atoms with Crippen molar-refractivity contribution in [3.63, 3.8) is 0 Å². The molecule has 1 aliphatic heterocycles. The third kappa shape index (κ3) is 3.84. The third-order valence-corrected chi connectivity index (χ3v) is 4.41. The maximum absolute atomic E-state index is 3.50. The molecule has 1 aromatic rings. The van der Waals surface area contributed by atoms with Crippen LogP contribution in [0.3, 0.4) is 0 Å². The monoisotopic (exact) mass is 302 g/mol. The standard InChI is InChI=1S/C12H19BrN2S/c13-4-6-15-9-7-14(8-10-15)5-3-12-2-1-11-16-12/h1-2,11H,3-10H2. The predicted octanol–water partition coefficient (Wildman–Crippen LogP) is 2.30. The Balaban J connectivity index is 1.65. The second-order valence-corrected chi connectivity index (χ2v) is 6.03. The van der Waals surface area contributed by atoms with Crippen molar-refractivity contribution in [2.75, 3.05) is 44.6 Å². The number of nitrogens with zero attached hydrogens (tertiary/aromatic N) is 2. The Morgan fingerprint density at radius 1 is 1.12 bits per heavy atom. The average Bonchev–Trinajstić information content (AvgIpc) is 2.82. The number of halogens is 1. The highest BCUT2D eigenvalue weighted by Gasteiger charge is 2.15. The molecule has 0 aromatic carbocycles. The van der Waals surface area contributed by atoms with Gasteiger partial charge >= 0.3 is 0 Å². The van der Waals surface area contributed by atoms with Crippen LogP contribution in [-0.2, 0) is 6.42 Å². The number of rotatable bonds is 5. The first-order valence-electron chi connectivity index (χ1n) is 5.91. The molecule has 0 saturated carbocycles. The SMILES string of the molecule is BrCCN1CCN(CCc2cccs2)CC1. The molecule has 0 unspecified atom stereocenters. The minimum Gasteiger partial charge on any atom is -0.300 e. The molecule has 1 fully saturated rings. The van der Waals surface area contributed by atoms with Gasteiger partial charge in [-0.25, -0.2) is 0 Å². The summed E-state index contributed by atoms with van der Waals surface area (Å²) in [4.78, 5) is 6.64. The zero-order chi connectivity index (χ0) is 11.2. The number of thiophene rings is 1. The highest BCUT2D eigenvalue weighted by atomic mass is 79.9. The van der Waals surface area contributed by atoms with Crippen LogP contribution in [0.1, 0.15) is 4.88 Å². The Morgan fingerprint density at radius 3 is 2.38 bits per heavy atom. The first-order valence-corrected chi connectivity index (χ1v) is 7.91. The molecular formula is C12H19BrN2S. The zero-order valence-corrected chi connectivity index (χ0v) is 12.0. The van der Waals surface area contributed by atoms with Gasteiger partial charge in [-0.2, -0.15) is 0 Å². The molecule has 0 amide bonds. The quantitative estimate of drug-likeness (QED) is 0.770. The molecular weight excluding hydrogens is 284 g/mol. The molecule has 1 aromatic heterocycles. The zero-order valence-electron chi connectivity index (χ0n) is 9.57. The van der Waals surface area contributed by atoms with Gasteiger partial charge in [0.25, 0.3) is 0 Å². The van der Waals surface area contributed by atoms with Crippen molar-refractivity contribution >= 4 is 27.3 Å². The van der Waals surface area contributed by atoms with Crippen LogP contribution in [0.15, 0.2) is 17.5 Å². The van der Waals surface area contributed by atoms with Crippen molar-refractivity contribution in [1.29, 1.82) is 0 Å². The van der Waals surface area contributed by atoms with Crippen LogP contribution in [0.2, 0.25) is 0 Å². The van der Waals surface area contributed by atoms with Gasteiger partial charge in [-0.05, 0) is 17.9 Å². The second kappa shape index (κ2) is 6.74. The molecule has 1 aliphatic rings. The smallest absolute Gasteiger partial charge is 0.0159 e. The summed E-state index contributed by atoms with van der Waals surface area (Å²) in [5, 5.41) is 3.27. The summed E-state index contributed by atoms with van der Waals surface area (Å²) in [5.74, 6) is 0. The van der Waals surface area contributed by atoms with Gasteiger partial charge in [0.15, 0.2) is 0 Å². The van der Waals surface area contributed by atoms with Crippen LogP contribution in [0.4, 0.5) is 0 Å². The van der Waals surface area contributed by atoms with Crippen molar-refractivity contribution in [2.24, 2.45) is 0 Å². The largest absolute Gasteiger partial charge is 0.300 e. The Hall–Kier alpha value is 0.100. The lowest BCUT2D eigenvalue weighted by molar-refractivity contribution is 0.140. The van der Waals surface area contributed by atoms with E-state index in [1.54, 1.807) is 0 Å². The van der Waals surface area contributed by atoms with Gasteiger partial charge in [0.1, 0.15) is 0 Å². The molecule has 0 atom stereocenters. The predicted molar refractivity (Wildman–Crippen MR) is 74.7 cm³/mol. The Morgan fingerprint density at radius 2 is 1.81 bits per heavy atom. The van der Waals surface area contributed by atoms with Gasteiger partial charge in [-0.15, -0.1) is 11.3 Å². The summed E-state index contributed by atoms with van der Waals surface area (Å²) in [7, 11) is 0. The first kappa shape index (κ1) is 12.6. The molecule has 0 bridgehead atoms. The molecule has 0 spiro atoms. The molecule has 2 heterocycles. The van der Waals surface area contributed by atoms with Crippen molar-refractivity contribution < 1.29 is 0 Å². The molecule has 16 heavy (non-hydrogen) atoms.